The van der Waals surface area contributed by atoms with E-state index in [9.17, 15) is 4.79 Å². The number of benzene rings is 1. The van der Waals surface area contributed by atoms with Gasteiger partial charge in [0.1, 0.15) is 11.9 Å². The standard InChI is InChI=1S/C20H21ClN4O2S2/c1-25-8-7-22-19(25)12-3-4-14(17(9-12)28-2)15-10-13(27-24-15)11-23-20(26)16-5-6-18(21)29-16/h3-6,9,13H,7-8,10-11H2,1-2H3,(H,23,26). The van der Waals surface area contributed by atoms with Crippen LogP contribution in [0.4, 0.5) is 0 Å². The lowest BCUT2D eigenvalue weighted by Gasteiger charge is -2.15. The molecule has 1 atom stereocenters. The number of hydrogen-bond donors (Lipinski definition) is 1. The molecule has 2 aliphatic heterocycles. The van der Waals surface area contributed by atoms with Crippen LogP contribution in [-0.4, -0.2) is 61.4 Å². The lowest BCUT2D eigenvalue weighted by atomic mass is 10.0. The number of hydrogen-bond acceptors (Lipinski definition) is 7. The zero-order chi connectivity index (χ0) is 20.4. The first-order valence-corrected chi connectivity index (χ1v) is 11.7. The summed E-state index contributed by atoms with van der Waals surface area (Å²) in [5.41, 5.74) is 3.10. The fraction of sp³-hybridized carbons (Fsp3) is 0.350. The number of rotatable bonds is 6. The molecule has 3 heterocycles. The van der Waals surface area contributed by atoms with E-state index in [4.69, 9.17) is 16.4 Å². The molecule has 2 aliphatic rings. The summed E-state index contributed by atoms with van der Waals surface area (Å²) in [6, 6.07) is 9.79. The van der Waals surface area contributed by atoms with Gasteiger partial charge in [-0.05, 0) is 24.5 Å². The van der Waals surface area contributed by atoms with Crippen LogP contribution in [0.1, 0.15) is 27.2 Å². The summed E-state index contributed by atoms with van der Waals surface area (Å²) in [5, 5.41) is 7.18. The largest absolute Gasteiger partial charge is 0.390 e. The second-order valence-electron chi connectivity index (χ2n) is 6.83. The zero-order valence-electron chi connectivity index (χ0n) is 16.1. The molecule has 1 aromatic heterocycles. The summed E-state index contributed by atoms with van der Waals surface area (Å²) in [6.07, 6.45) is 2.53. The first-order chi connectivity index (χ1) is 14.0. The van der Waals surface area contributed by atoms with E-state index in [-0.39, 0.29) is 12.0 Å². The van der Waals surface area contributed by atoms with Gasteiger partial charge in [0.05, 0.1) is 28.0 Å². The first-order valence-electron chi connectivity index (χ1n) is 9.25. The Hall–Kier alpha value is -2.03. The summed E-state index contributed by atoms with van der Waals surface area (Å²) in [5.74, 6) is 0.889. The molecule has 0 saturated carbocycles. The van der Waals surface area contributed by atoms with E-state index in [1.807, 2.05) is 0 Å². The average molecular weight is 449 g/mol. The number of likely N-dealkylation sites (N-methyl/N-ethyl adjacent to an activating group) is 1. The maximum Gasteiger partial charge on any atom is 0.261 e. The third-order valence-corrected chi connectivity index (χ3v) is 6.86. The van der Waals surface area contributed by atoms with Crippen LogP contribution in [-0.2, 0) is 4.84 Å². The molecule has 0 fully saturated rings. The number of halogens is 1. The molecule has 0 radical (unpaired) electrons. The number of thiophene rings is 1. The molecule has 0 bridgehead atoms. The highest BCUT2D eigenvalue weighted by atomic mass is 35.5. The van der Waals surface area contributed by atoms with E-state index in [1.54, 1.807) is 23.9 Å². The predicted octanol–water partition coefficient (Wildman–Crippen LogP) is 3.74. The van der Waals surface area contributed by atoms with Crippen molar-refractivity contribution in [2.45, 2.75) is 17.4 Å². The van der Waals surface area contributed by atoms with Gasteiger partial charge in [-0.3, -0.25) is 9.79 Å². The van der Waals surface area contributed by atoms with Gasteiger partial charge in [-0.2, -0.15) is 0 Å². The Bertz CT molecular complexity index is 989. The van der Waals surface area contributed by atoms with Crippen molar-refractivity contribution in [3.8, 4) is 0 Å². The summed E-state index contributed by atoms with van der Waals surface area (Å²) >= 11 is 8.84. The Kier molecular flexibility index (Phi) is 6.12. The molecule has 152 valence electrons. The molecule has 0 aliphatic carbocycles. The van der Waals surface area contributed by atoms with Crippen LogP contribution in [0.25, 0.3) is 0 Å². The van der Waals surface area contributed by atoms with Crippen LogP contribution in [0.2, 0.25) is 4.34 Å². The van der Waals surface area contributed by atoms with Crippen molar-refractivity contribution >= 4 is 52.2 Å². The number of nitrogens with one attached hydrogen (secondary N) is 1. The molecular formula is C20H21ClN4O2S2. The molecule has 1 aromatic carbocycles. The van der Waals surface area contributed by atoms with Crippen molar-refractivity contribution in [1.82, 2.24) is 10.2 Å². The molecule has 2 aromatic rings. The second kappa shape index (κ2) is 8.77. The molecular weight excluding hydrogens is 428 g/mol. The monoisotopic (exact) mass is 448 g/mol. The van der Waals surface area contributed by atoms with Crippen LogP contribution < -0.4 is 5.32 Å². The SMILES string of the molecule is CSc1cc(C2=NCCN2C)ccc1C1=NOC(CNC(=O)c2ccc(Cl)s2)C1. The first kappa shape index (κ1) is 20.3. The van der Waals surface area contributed by atoms with Gasteiger partial charge in [-0.25, -0.2) is 0 Å². The van der Waals surface area contributed by atoms with Gasteiger partial charge < -0.3 is 15.1 Å². The fourth-order valence-electron chi connectivity index (χ4n) is 3.34. The highest BCUT2D eigenvalue weighted by Crippen LogP contribution is 2.28. The normalized spacial score (nSPS) is 18.4. The van der Waals surface area contributed by atoms with Crippen LogP contribution in [0, 0.1) is 0 Å². The smallest absolute Gasteiger partial charge is 0.261 e. The summed E-state index contributed by atoms with van der Waals surface area (Å²) in [7, 11) is 2.07. The van der Waals surface area contributed by atoms with Crippen molar-refractivity contribution in [2.75, 3.05) is 32.9 Å². The number of amidine groups is 1. The van der Waals surface area contributed by atoms with E-state index in [2.05, 4.69) is 51.9 Å². The van der Waals surface area contributed by atoms with Crippen LogP contribution in [0.3, 0.4) is 0 Å². The highest BCUT2D eigenvalue weighted by Gasteiger charge is 2.25. The highest BCUT2D eigenvalue weighted by molar-refractivity contribution is 7.98. The Morgan fingerprint density at radius 2 is 2.28 bits per heavy atom. The van der Waals surface area contributed by atoms with Gasteiger partial charge >= 0.3 is 0 Å². The number of carbonyl (C=O) groups is 1. The van der Waals surface area contributed by atoms with Gasteiger partial charge in [-0.15, -0.1) is 23.1 Å². The Balaban J connectivity index is 1.40. The fourth-order valence-corrected chi connectivity index (χ4v) is 4.95. The van der Waals surface area contributed by atoms with Gasteiger partial charge in [0.2, 0.25) is 0 Å². The third-order valence-electron chi connectivity index (χ3n) is 4.85. The number of carbonyl (C=O) groups excluding carboxylic acids is 1. The van der Waals surface area contributed by atoms with E-state index in [1.165, 1.54) is 11.3 Å². The molecule has 0 saturated heterocycles. The van der Waals surface area contributed by atoms with Gasteiger partial charge in [0.15, 0.2) is 0 Å². The molecule has 0 spiro atoms. The maximum absolute atomic E-state index is 12.2. The topological polar surface area (TPSA) is 66.3 Å². The Morgan fingerprint density at radius 1 is 1.41 bits per heavy atom. The Morgan fingerprint density at radius 3 is 2.97 bits per heavy atom. The van der Waals surface area contributed by atoms with Crippen LogP contribution in [0.5, 0.6) is 0 Å². The number of nitrogens with zero attached hydrogens (tertiary/aromatic N) is 3. The van der Waals surface area contributed by atoms with E-state index in [0.717, 1.165) is 40.7 Å². The third kappa shape index (κ3) is 4.44. The molecule has 1 amide bonds. The molecule has 6 nitrogen and oxygen atoms in total. The van der Waals surface area contributed by atoms with Crippen molar-refractivity contribution in [1.29, 1.82) is 0 Å². The number of thioether (sulfide) groups is 1. The molecule has 4 rings (SSSR count). The Labute approximate surface area is 183 Å². The van der Waals surface area contributed by atoms with Crippen LogP contribution >= 0.6 is 34.7 Å². The maximum atomic E-state index is 12.2. The lowest BCUT2D eigenvalue weighted by Crippen LogP contribution is -2.31. The predicted molar refractivity (Wildman–Crippen MR) is 120 cm³/mol. The van der Waals surface area contributed by atoms with E-state index < -0.39 is 0 Å². The minimum Gasteiger partial charge on any atom is -0.390 e. The lowest BCUT2D eigenvalue weighted by molar-refractivity contribution is 0.0755. The molecule has 29 heavy (non-hydrogen) atoms. The summed E-state index contributed by atoms with van der Waals surface area (Å²) in [6.45, 7) is 2.20. The van der Waals surface area contributed by atoms with Crippen molar-refractivity contribution in [2.24, 2.45) is 10.1 Å². The zero-order valence-corrected chi connectivity index (χ0v) is 18.5. The number of oxime groups is 1. The quantitative estimate of drug-likeness (QED) is 0.683. The van der Waals surface area contributed by atoms with Crippen molar-refractivity contribution in [3.05, 3.63) is 50.7 Å². The van der Waals surface area contributed by atoms with Crippen LogP contribution in [0.15, 0.2) is 45.4 Å². The molecule has 9 heteroatoms. The molecule has 1 N–H and O–H groups in total. The number of amides is 1. The van der Waals surface area contributed by atoms with E-state index >= 15 is 0 Å². The number of aliphatic imine (C=N–C) groups is 1. The second-order valence-corrected chi connectivity index (χ2v) is 9.39. The van der Waals surface area contributed by atoms with Crippen molar-refractivity contribution < 1.29 is 9.63 Å². The minimum atomic E-state index is -0.177. The minimum absolute atomic E-state index is 0.144. The van der Waals surface area contributed by atoms with Crippen molar-refractivity contribution in [3.63, 3.8) is 0 Å². The van der Waals surface area contributed by atoms with Gasteiger partial charge in [0.25, 0.3) is 5.91 Å². The summed E-state index contributed by atoms with van der Waals surface area (Å²) in [4.78, 5) is 26.3. The van der Waals surface area contributed by atoms with Gasteiger partial charge in [0, 0.05) is 36.0 Å². The average Bonchev–Trinajstić information content (AvgIpc) is 3.47. The molecule has 1 unspecified atom stereocenters. The van der Waals surface area contributed by atoms with E-state index in [0.29, 0.717) is 22.2 Å². The van der Waals surface area contributed by atoms with Gasteiger partial charge in [-0.1, -0.05) is 28.9 Å². The summed E-state index contributed by atoms with van der Waals surface area (Å²) < 4.78 is 0.598.